The van der Waals surface area contributed by atoms with Crippen LogP contribution in [-0.2, 0) is 47.4 Å². The van der Waals surface area contributed by atoms with Gasteiger partial charge >= 0.3 is 0 Å². The van der Waals surface area contributed by atoms with E-state index in [0.717, 1.165) is 0 Å². The zero-order chi connectivity index (χ0) is 33.9. The number of ether oxygens (including phenoxy) is 10. The van der Waals surface area contributed by atoms with Gasteiger partial charge in [0.1, 0.15) is 0 Å². The Labute approximate surface area is 277 Å². The van der Waals surface area contributed by atoms with Crippen LogP contribution in [0.3, 0.4) is 0 Å². The van der Waals surface area contributed by atoms with Crippen LogP contribution in [0, 0.1) is 0 Å². The van der Waals surface area contributed by atoms with Gasteiger partial charge in [-0.15, -0.1) is 0 Å². The van der Waals surface area contributed by atoms with E-state index in [4.69, 9.17) is 52.9 Å². The van der Waals surface area contributed by atoms with E-state index >= 15 is 0 Å². The van der Waals surface area contributed by atoms with Crippen molar-refractivity contribution in [3.63, 3.8) is 0 Å². The summed E-state index contributed by atoms with van der Waals surface area (Å²) in [7, 11) is 0. The summed E-state index contributed by atoms with van der Waals surface area (Å²) in [6, 6.07) is 6.61. The van der Waals surface area contributed by atoms with Crippen molar-refractivity contribution < 1.29 is 57.0 Å². The van der Waals surface area contributed by atoms with Gasteiger partial charge in [-0.05, 0) is 24.6 Å². The van der Waals surface area contributed by atoms with Crippen LogP contribution in [0.25, 0.3) is 10.4 Å². The second-order valence-corrected chi connectivity index (χ2v) is 9.47. The predicted molar refractivity (Wildman–Crippen MR) is 171 cm³/mol. The maximum absolute atomic E-state index is 12.1. The Morgan fingerprint density at radius 1 is 0.574 bits per heavy atom. The normalized spacial score (nSPS) is 11.0. The molecule has 0 radical (unpaired) electrons. The molecule has 1 amide bonds. The highest BCUT2D eigenvalue weighted by Crippen LogP contribution is 2.06. The van der Waals surface area contributed by atoms with Crippen molar-refractivity contribution in [3.8, 4) is 0 Å². The first-order valence-electron chi connectivity index (χ1n) is 15.8. The number of ketones is 1. The highest BCUT2D eigenvalue weighted by Gasteiger charge is 2.07. The third-order valence-electron chi connectivity index (χ3n) is 5.81. The highest BCUT2D eigenvalue weighted by molar-refractivity contribution is 5.99. The summed E-state index contributed by atoms with van der Waals surface area (Å²) in [4.78, 5) is 26.2. The second kappa shape index (κ2) is 33.2. The first-order chi connectivity index (χ1) is 23.1. The van der Waals surface area contributed by atoms with E-state index in [1.54, 1.807) is 24.3 Å². The number of nitrogens with zero attached hydrogens (tertiary/aromatic N) is 3. The molecule has 1 aromatic rings. The van der Waals surface area contributed by atoms with Crippen LogP contribution in [0.4, 0.5) is 0 Å². The van der Waals surface area contributed by atoms with E-state index in [0.29, 0.717) is 156 Å². The Hall–Kier alpha value is -2.73. The maximum atomic E-state index is 12.1. The van der Waals surface area contributed by atoms with Gasteiger partial charge in [-0.3, -0.25) is 9.59 Å². The summed E-state index contributed by atoms with van der Waals surface area (Å²) in [5, 5.41) is 6.13. The minimum absolute atomic E-state index is 0.0826. The van der Waals surface area contributed by atoms with Crippen molar-refractivity contribution in [2.75, 3.05) is 145 Å². The Morgan fingerprint density at radius 3 is 1.28 bits per heavy atom. The summed E-state index contributed by atoms with van der Waals surface area (Å²) in [6.07, 6.45) is 0. The number of carbonyl (C=O) groups is 2. The fraction of sp³-hybridized carbons (Fsp3) is 0.742. The molecule has 1 aromatic carbocycles. The molecule has 1 rings (SSSR count). The Morgan fingerprint density at radius 2 is 0.915 bits per heavy atom. The molecule has 0 heterocycles. The number of Topliss-reactive ketones (excluding diaryl/α,β-unsaturated/α-hetero) is 1. The average Bonchev–Trinajstić information content (AvgIpc) is 3.08. The van der Waals surface area contributed by atoms with Crippen LogP contribution in [0.1, 0.15) is 27.6 Å². The van der Waals surface area contributed by atoms with Gasteiger partial charge in [0.2, 0.25) is 0 Å². The molecule has 16 heteroatoms. The number of carbonyl (C=O) groups excluding carboxylic acids is 2. The van der Waals surface area contributed by atoms with Gasteiger partial charge in [-0.2, -0.15) is 0 Å². The minimum atomic E-state index is -0.246. The van der Waals surface area contributed by atoms with Crippen LogP contribution in [0.15, 0.2) is 29.4 Å². The topological polar surface area (TPSA) is 187 Å². The fourth-order valence-corrected chi connectivity index (χ4v) is 3.45. The van der Waals surface area contributed by atoms with Crippen LogP contribution >= 0.6 is 0 Å². The van der Waals surface area contributed by atoms with Gasteiger partial charge in [0, 0.05) is 29.1 Å². The molecule has 0 aliphatic heterocycles. The highest BCUT2D eigenvalue weighted by atomic mass is 16.6. The third-order valence-corrected chi connectivity index (χ3v) is 5.81. The molecular weight excluding hydrogens is 620 g/mol. The lowest BCUT2D eigenvalue weighted by molar-refractivity contribution is -0.0262. The zero-order valence-corrected chi connectivity index (χ0v) is 27.6. The van der Waals surface area contributed by atoms with E-state index in [2.05, 4.69) is 15.3 Å². The molecule has 1 N–H and O–H groups in total. The van der Waals surface area contributed by atoms with Crippen molar-refractivity contribution in [2.45, 2.75) is 6.92 Å². The van der Waals surface area contributed by atoms with Gasteiger partial charge in [0.15, 0.2) is 5.78 Å². The molecule has 0 spiro atoms. The molecule has 16 nitrogen and oxygen atoms in total. The monoisotopic (exact) mass is 672 g/mol. The predicted octanol–water partition coefficient (Wildman–Crippen LogP) is 2.10. The molecule has 0 saturated carbocycles. The van der Waals surface area contributed by atoms with Gasteiger partial charge in [-0.1, -0.05) is 17.2 Å². The molecule has 0 aliphatic carbocycles. The average molecular weight is 673 g/mol. The lowest BCUT2D eigenvalue weighted by Gasteiger charge is -2.09. The van der Waals surface area contributed by atoms with E-state index in [9.17, 15) is 9.59 Å². The van der Waals surface area contributed by atoms with Crippen molar-refractivity contribution in [2.24, 2.45) is 5.11 Å². The molecular formula is C31H52N4O12. The number of hydrogen-bond acceptors (Lipinski definition) is 13. The van der Waals surface area contributed by atoms with Gasteiger partial charge in [0.25, 0.3) is 5.91 Å². The van der Waals surface area contributed by atoms with E-state index in [1.807, 2.05) is 0 Å². The van der Waals surface area contributed by atoms with E-state index in [-0.39, 0.29) is 11.7 Å². The molecule has 0 bridgehead atoms. The summed E-state index contributed by atoms with van der Waals surface area (Å²) < 4.78 is 54.2. The van der Waals surface area contributed by atoms with Gasteiger partial charge < -0.3 is 52.7 Å². The number of rotatable bonds is 35. The van der Waals surface area contributed by atoms with Crippen molar-refractivity contribution in [3.05, 3.63) is 45.8 Å². The summed E-state index contributed by atoms with van der Waals surface area (Å²) in [6.45, 7) is 11.3. The molecule has 0 atom stereocenters. The Bertz CT molecular complexity index is 953. The van der Waals surface area contributed by atoms with Crippen molar-refractivity contribution >= 4 is 11.7 Å². The van der Waals surface area contributed by atoms with Crippen LogP contribution in [0.5, 0.6) is 0 Å². The summed E-state index contributed by atoms with van der Waals surface area (Å²) in [5.41, 5.74) is 9.08. The zero-order valence-electron chi connectivity index (χ0n) is 27.6. The van der Waals surface area contributed by atoms with Crippen LogP contribution < -0.4 is 5.32 Å². The number of azide groups is 1. The first kappa shape index (κ1) is 42.3. The largest absolute Gasteiger partial charge is 0.379 e. The number of hydrogen-bond donors (Lipinski definition) is 1. The lowest BCUT2D eigenvalue weighted by Crippen LogP contribution is -2.27. The third kappa shape index (κ3) is 28.0. The molecule has 0 fully saturated rings. The standard InChI is InChI=1S/C31H52N4O12/c1-28(36)29-3-2-4-30(27-29)31(37)33-5-7-38-9-11-40-13-15-42-17-19-44-21-23-46-25-26-47-24-22-45-20-18-43-16-14-41-12-10-39-8-6-34-35-32/h2-4,27H,5-26H2,1H3,(H,33,37). The van der Waals surface area contributed by atoms with E-state index in [1.165, 1.54) is 6.92 Å². The molecule has 0 saturated heterocycles. The molecule has 0 aliphatic rings. The van der Waals surface area contributed by atoms with Crippen LogP contribution in [0.2, 0.25) is 0 Å². The second-order valence-electron chi connectivity index (χ2n) is 9.47. The van der Waals surface area contributed by atoms with Crippen LogP contribution in [-0.4, -0.2) is 157 Å². The SMILES string of the molecule is CC(=O)c1cccc(C(=O)NCCOCCOCCOCCOCCOCCOCCOCCOCCOCCOCCN=[N+]=[N-])c1. The van der Waals surface area contributed by atoms with Gasteiger partial charge in [0.05, 0.1) is 132 Å². The first-order valence-corrected chi connectivity index (χ1v) is 15.8. The summed E-state index contributed by atoms with van der Waals surface area (Å²) in [5.74, 6) is -0.328. The molecule has 268 valence electrons. The van der Waals surface area contributed by atoms with Crippen molar-refractivity contribution in [1.29, 1.82) is 0 Å². The lowest BCUT2D eigenvalue weighted by atomic mass is 10.1. The van der Waals surface area contributed by atoms with E-state index < -0.39 is 0 Å². The molecule has 0 aromatic heterocycles. The molecule has 0 unspecified atom stereocenters. The number of nitrogens with one attached hydrogen (secondary N) is 1. The fourth-order valence-electron chi connectivity index (χ4n) is 3.45. The van der Waals surface area contributed by atoms with Gasteiger partial charge in [-0.25, -0.2) is 0 Å². The minimum Gasteiger partial charge on any atom is -0.379 e. The summed E-state index contributed by atoms with van der Waals surface area (Å²) >= 11 is 0. The molecule has 47 heavy (non-hydrogen) atoms. The number of benzene rings is 1. The maximum Gasteiger partial charge on any atom is 0.251 e. The Kier molecular flexibility index (Phi) is 29.9. The smallest absolute Gasteiger partial charge is 0.251 e. The Balaban J connectivity index is 1.69. The van der Waals surface area contributed by atoms with Crippen molar-refractivity contribution in [1.82, 2.24) is 5.32 Å². The quantitative estimate of drug-likeness (QED) is 0.0364. The number of amides is 1.